The highest BCUT2D eigenvalue weighted by atomic mass is 32.1. The molecule has 7 heteroatoms. The Labute approximate surface area is 129 Å². The van der Waals surface area contributed by atoms with Gasteiger partial charge in [-0.15, -0.1) is 0 Å². The first kappa shape index (κ1) is 14.6. The van der Waals surface area contributed by atoms with Gasteiger partial charge in [-0.2, -0.15) is 0 Å². The summed E-state index contributed by atoms with van der Waals surface area (Å²) in [7, 11) is 2.08. The van der Waals surface area contributed by atoms with E-state index in [0.717, 1.165) is 31.1 Å². The van der Waals surface area contributed by atoms with E-state index in [-0.39, 0.29) is 11.9 Å². The van der Waals surface area contributed by atoms with Crippen LogP contribution in [0.3, 0.4) is 0 Å². The molecular weight excluding hydrogens is 286 g/mol. The van der Waals surface area contributed by atoms with Crippen LogP contribution in [0.25, 0.3) is 0 Å². The molecular formula is C14H23N5OS. The quantitative estimate of drug-likeness (QED) is 0.785. The Morgan fingerprint density at radius 2 is 2.10 bits per heavy atom. The van der Waals surface area contributed by atoms with Crippen molar-refractivity contribution in [2.45, 2.75) is 44.2 Å². The van der Waals surface area contributed by atoms with Crippen LogP contribution in [0.1, 0.15) is 41.8 Å². The number of thiazole rings is 1. The number of nitrogens with two attached hydrogens (primary N) is 1. The first-order chi connectivity index (χ1) is 10.1. The number of hydrogen-bond donors (Lipinski definition) is 3. The molecule has 116 valence electrons. The van der Waals surface area contributed by atoms with Gasteiger partial charge in [-0.1, -0.05) is 11.3 Å². The molecule has 1 atom stereocenters. The molecule has 1 aliphatic heterocycles. The van der Waals surface area contributed by atoms with Gasteiger partial charge < -0.3 is 21.3 Å². The SMILES string of the molecule is CN1CCCC(NC(=O)c2sc(NC3CCC3)nc2N)C1. The number of aromatic nitrogens is 1. The van der Waals surface area contributed by atoms with Gasteiger partial charge in [0.25, 0.3) is 5.91 Å². The van der Waals surface area contributed by atoms with E-state index in [0.29, 0.717) is 16.7 Å². The van der Waals surface area contributed by atoms with Crippen LogP contribution in [0.2, 0.25) is 0 Å². The summed E-state index contributed by atoms with van der Waals surface area (Å²) < 4.78 is 0. The standard InChI is InChI=1S/C14H23N5OS/c1-19-7-3-6-10(8-19)16-13(20)11-12(15)18-14(21-11)17-9-4-2-5-9/h9-10H,2-8,15H2,1H3,(H,16,20)(H,17,18). The van der Waals surface area contributed by atoms with Crippen LogP contribution in [0, 0.1) is 0 Å². The van der Waals surface area contributed by atoms with E-state index in [1.807, 2.05) is 0 Å². The third-order valence-corrected chi connectivity index (χ3v) is 5.25. The molecule has 1 aromatic heterocycles. The predicted octanol–water partition coefficient (Wildman–Crippen LogP) is 1.51. The zero-order valence-electron chi connectivity index (χ0n) is 12.4. The van der Waals surface area contributed by atoms with E-state index in [2.05, 4.69) is 27.6 Å². The van der Waals surface area contributed by atoms with Crippen molar-refractivity contribution in [1.29, 1.82) is 0 Å². The van der Waals surface area contributed by atoms with Gasteiger partial charge in [0, 0.05) is 18.6 Å². The molecule has 0 aromatic carbocycles. The normalized spacial score (nSPS) is 23.6. The van der Waals surface area contributed by atoms with Crippen LogP contribution in [0.4, 0.5) is 10.9 Å². The lowest BCUT2D eigenvalue weighted by atomic mass is 9.93. The summed E-state index contributed by atoms with van der Waals surface area (Å²) in [6.07, 6.45) is 5.77. The van der Waals surface area contributed by atoms with Crippen LogP contribution in [-0.2, 0) is 0 Å². The molecule has 0 bridgehead atoms. The van der Waals surface area contributed by atoms with Crippen molar-refractivity contribution in [1.82, 2.24) is 15.2 Å². The van der Waals surface area contributed by atoms with Gasteiger partial charge >= 0.3 is 0 Å². The molecule has 1 saturated carbocycles. The molecule has 1 amide bonds. The molecule has 1 aliphatic carbocycles. The molecule has 1 aromatic rings. The molecule has 6 nitrogen and oxygen atoms in total. The number of anilines is 2. The number of likely N-dealkylation sites (N-methyl/N-ethyl adjacent to an activating group) is 1. The Bertz CT molecular complexity index is 513. The number of amides is 1. The molecule has 1 unspecified atom stereocenters. The van der Waals surface area contributed by atoms with Gasteiger partial charge in [-0.25, -0.2) is 4.98 Å². The van der Waals surface area contributed by atoms with E-state index in [4.69, 9.17) is 5.73 Å². The number of likely N-dealkylation sites (tertiary alicyclic amines) is 1. The second-order valence-electron chi connectivity index (χ2n) is 6.08. The molecule has 0 radical (unpaired) electrons. The number of piperidine rings is 1. The Balaban J connectivity index is 1.60. The highest BCUT2D eigenvalue weighted by Crippen LogP contribution is 2.29. The number of nitrogens with zero attached hydrogens (tertiary/aromatic N) is 2. The number of carbonyl (C=O) groups excluding carboxylic acids is 1. The Morgan fingerprint density at radius 3 is 2.76 bits per heavy atom. The first-order valence-corrected chi connectivity index (χ1v) is 8.45. The van der Waals surface area contributed by atoms with Crippen LogP contribution >= 0.6 is 11.3 Å². The van der Waals surface area contributed by atoms with Gasteiger partial charge in [0.05, 0.1) is 0 Å². The van der Waals surface area contributed by atoms with E-state index in [1.165, 1.54) is 30.6 Å². The van der Waals surface area contributed by atoms with E-state index in [9.17, 15) is 4.79 Å². The monoisotopic (exact) mass is 309 g/mol. The van der Waals surface area contributed by atoms with Gasteiger partial charge in [0.15, 0.2) is 5.13 Å². The second-order valence-corrected chi connectivity index (χ2v) is 7.08. The van der Waals surface area contributed by atoms with Gasteiger partial charge in [0.1, 0.15) is 10.7 Å². The molecule has 2 fully saturated rings. The fourth-order valence-electron chi connectivity index (χ4n) is 2.82. The summed E-state index contributed by atoms with van der Waals surface area (Å²) in [5.74, 6) is 0.246. The highest BCUT2D eigenvalue weighted by molar-refractivity contribution is 7.18. The van der Waals surface area contributed by atoms with Gasteiger partial charge in [0.2, 0.25) is 0 Å². The Hall–Kier alpha value is -1.34. The summed E-state index contributed by atoms with van der Waals surface area (Å²) in [4.78, 5) is 19.4. The Morgan fingerprint density at radius 1 is 1.33 bits per heavy atom. The van der Waals surface area contributed by atoms with E-state index < -0.39 is 0 Å². The van der Waals surface area contributed by atoms with Crippen LogP contribution in [0.5, 0.6) is 0 Å². The fraction of sp³-hybridized carbons (Fsp3) is 0.714. The number of carbonyl (C=O) groups is 1. The average molecular weight is 309 g/mol. The predicted molar refractivity (Wildman–Crippen MR) is 85.8 cm³/mol. The molecule has 21 heavy (non-hydrogen) atoms. The zero-order chi connectivity index (χ0) is 14.8. The van der Waals surface area contributed by atoms with Crippen molar-refractivity contribution in [2.24, 2.45) is 0 Å². The fourth-order valence-corrected chi connectivity index (χ4v) is 3.68. The molecule has 1 saturated heterocycles. The van der Waals surface area contributed by atoms with Crippen LogP contribution in [0.15, 0.2) is 0 Å². The number of nitrogen functional groups attached to an aromatic ring is 1. The molecule has 4 N–H and O–H groups in total. The Kier molecular flexibility index (Phi) is 4.30. The maximum Gasteiger partial charge on any atom is 0.265 e. The van der Waals surface area contributed by atoms with Crippen LogP contribution < -0.4 is 16.4 Å². The number of rotatable bonds is 4. The van der Waals surface area contributed by atoms with Crippen molar-refractivity contribution in [3.05, 3.63) is 4.88 Å². The third-order valence-electron chi connectivity index (χ3n) is 4.25. The lowest BCUT2D eigenvalue weighted by Crippen LogP contribution is -2.46. The number of hydrogen-bond acceptors (Lipinski definition) is 6. The van der Waals surface area contributed by atoms with E-state index in [1.54, 1.807) is 0 Å². The third kappa shape index (κ3) is 3.47. The minimum absolute atomic E-state index is 0.0908. The maximum absolute atomic E-state index is 12.4. The van der Waals surface area contributed by atoms with Crippen molar-refractivity contribution < 1.29 is 4.79 Å². The highest BCUT2D eigenvalue weighted by Gasteiger charge is 2.24. The summed E-state index contributed by atoms with van der Waals surface area (Å²) in [6.45, 7) is 2.00. The van der Waals surface area contributed by atoms with Crippen molar-refractivity contribution in [3.8, 4) is 0 Å². The molecule has 0 spiro atoms. The van der Waals surface area contributed by atoms with Gasteiger partial charge in [-0.05, 0) is 45.7 Å². The topological polar surface area (TPSA) is 83.3 Å². The summed E-state index contributed by atoms with van der Waals surface area (Å²) in [5, 5.41) is 7.19. The van der Waals surface area contributed by atoms with Crippen molar-refractivity contribution in [2.75, 3.05) is 31.2 Å². The number of nitrogens with one attached hydrogen (secondary N) is 2. The van der Waals surface area contributed by atoms with E-state index >= 15 is 0 Å². The largest absolute Gasteiger partial charge is 0.382 e. The average Bonchev–Trinajstić information content (AvgIpc) is 2.75. The summed E-state index contributed by atoms with van der Waals surface area (Å²) in [6, 6.07) is 0.708. The lowest BCUT2D eigenvalue weighted by Gasteiger charge is -2.30. The molecule has 2 aliphatic rings. The maximum atomic E-state index is 12.4. The summed E-state index contributed by atoms with van der Waals surface area (Å²) in [5.41, 5.74) is 5.90. The van der Waals surface area contributed by atoms with Gasteiger partial charge in [-0.3, -0.25) is 4.79 Å². The first-order valence-electron chi connectivity index (χ1n) is 7.64. The van der Waals surface area contributed by atoms with Crippen molar-refractivity contribution in [3.63, 3.8) is 0 Å². The zero-order valence-corrected chi connectivity index (χ0v) is 13.2. The summed E-state index contributed by atoms with van der Waals surface area (Å²) >= 11 is 1.36. The molecule has 2 heterocycles. The smallest absolute Gasteiger partial charge is 0.265 e. The molecule has 3 rings (SSSR count). The van der Waals surface area contributed by atoms with Crippen LogP contribution in [-0.4, -0.2) is 48.0 Å². The second kappa shape index (κ2) is 6.19. The van der Waals surface area contributed by atoms with Crippen molar-refractivity contribution >= 4 is 28.2 Å². The lowest BCUT2D eigenvalue weighted by molar-refractivity contribution is 0.0917. The minimum Gasteiger partial charge on any atom is -0.382 e. The minimum atomic E-state index is -0.0908.